The minimum atomic E-state index is -0.720. The highest BCUT2D eigenvalue weighted by molar-refractivity contribution is 7.15. The molecule has 1 unspecified atom stereocenters. The Morgan fingerprint density at radius 3 is 2.95 bits per heavy atom. The van der Waals surface area contributed by atoms with Crippen LogP contribution in [0.4, 0.5) is 9.52 Å². The number of halogens is 1. The first kappa shape index (κ1) is 14.6. The van der Waals surface area contributed by atoms with E-state index in [0.717, 1.165) is 10.6 Å². The van der Waals surface area contributed by atoms with Crippen LogP contribution in [0.3, 0.4) is 0 Å². The summed E-state index contributed by atoms with van der Waals surface area (Å²) < 4.78 is 13.2. The molecule has 0 bridgehead atoms. The number of hydrogen-bond donors (Lipinski definition) is 1. The van der Waals surface area contributed by atoms with Crippen LogP contribution in [-0.2, 0) is 9.63 Å². The number of hydrogen-bond acceptors (Lipinski definition) is 5. The first-order valence-corrected chi connectivity index (χ1v) is 7.58. The van der Waals surface area contributed by atoms with Crippen molar-refractivity contribution in [2.45, 2.75) is 26.4 Å². The number of thiazole rings is 1. The molecular weight excluding hydrogens is 305 g/mol. The average Bonchev–Trinajstić information content (AvgIpc) is 3.07. The zero-order valence-corrected chi connectivity index (χ0v) is 12.9. The van der Waals surface area contributed by atoms with Crippen molar-refractivity contribution in [2.24, 2.45) is 5.16 Å². The number of oxime groups is 1. The van der Waals surface area contributed by atoms with Crippen LogP contribution in [0.25, 0.3) is 0 Å². The summed E-state index contributed by atoms with van der Waals surface area (Å²) in [5, 5.41) is 7.16. The Morgan fingerprint density at radius 2 is 2.27 bits per heavy atom. The molecule has 2 aromatic rings. The minimum Gasteiger partial charge on any atom is -0.382 e. The Morgan fingerprint density at radius 1 is 1.45 bits per heavy atom. The third kappa shape index (κ3) is 2.99. The molecule has 1 aromatic carbocycles. The number of nitrogens with zero attached hydrogens (tertiary/aromatic N) is 2. The van der Waals surface area contributed by atoms with Crippen molar-refractivity contribution >= 4 is 28.1 Å². The summed E-state index contributed by atoms with van der Waals surface area (Å²) in [6, 6.07) is 6.06. The predicted octanol–water partition coefficient (Wildman–Crippen LogP) is 3.03. The Hall–Kier alpha value is -2.28. The lowest BCUT2D eigenvalue weighted by Crippen LogP contribution is -2.28. The molecule has 1 aliphatic rings. The number of carbonyl (C=O) groups excluding carboxylic acids is 1. The van der Waals surface area contributed by atoms with Gasteiger partial charge in [-0.05, 0) is 26.0 Å². The standard InChI is InChI=1S/C15H14FN3O2S/c1-8-9(2)22-15(17-8)18-14(20)13-7-12(19-21-13)10-4-3-5-11(16)6-10/h3-6,13H,7H2,1-2H3,(H,17,18,20). The van der Waals surface area contributed by atoms with Gasteiger partial charge in [0.2, 0.25) is 6.10 Å². The van der Waals surface area contributed by atoms with Crippen LogP contribution in [0.2, 0.25) is 0 Å². The smallest absolute Gasteiger partial charge is 0.270 e. The third-order valence-corrected chi connectivity index (χ3v) is 4.37. The number of rotatable bonds is 3. The zero-order valence-electron chi connectivity index (χ0n) is 12.1. The molecule has 0 saturated heterocycles. The highest BCUT2D eigenvalue weighted by atomic mass is 32.1. The molecule has 114 valence electrons. The van der Waals surface area contributed by atoms with Gasteiger partial charge in [-0.15, -0.1) is 11.3 Å². The van der Waals surface area contributed by atoms with Crippen molar-refractivity contribution in [2.75, 3.05) is 5.32 Å². The Bertz CT molecular complexity index is 737. The number of amides is 1. The Labute approximate surface area is 130 Å². The van der Waals surface area contributed by atoms with Crippen molar-refractivity contribution in [3.63, 3.8) is 0 Å². The van der Waals surface area contributed by atoms with E-state index >= 15 is 0 Å². The maximum atomic E-state index is 13.2. The van der Waals surface area contributed by atoms with Crippen LogP contribution in [0.15, 0.2) is 29.4 Å². The van der Waals surface area contributed by atoms with Gasteiger partial charge in [-0.25, -0.2) is 9.37 Å². The molecular formula is C15H14FN3O2S. The van der Waals surface area contributed by atoms with E-state index in [1.165, 1.54) is 23.5 Å². The molecule has 1 aliphatic heterocycles. The van der Waals surface area contributed by atoms with Crippen LogP contribution in [0, 0.1) is 19.7 Å². The summed E-state index contributed by atoms with van der Waals surface area (Å²) in [5.41, 5.74) is 2.08. The molecule has 0 fully saturated rings. The van der Waals surface area contributed by atoms with Crippen LogP contribution in [0.1, 0.15) is 22.6 Å². The molecule has 22 heavy (non-hydrogen) atoms. The van der Waals surface area contributed by atoms with E-state index < -0.39 is 6.10 Å². The molecule has 0 radical (unpaired) electrons. The Kier molecular flexibility index (Phi) is 3.89. The highest BCUT2D eigenvalue weighted by Crippen LogP contribution is 2.23. The first-order chi connectivity index (χ1) is 10.5. The van der Waals surface area contributed by atoms with Crippen molar-refractivity contribution < 1.29 is 14.0 Å². The summed E-state index contributed by atoms with van der Waals surface area (Å²) in [6.45, 7) is 3.83. The van der Waals surface area contributed by atoms with Crippen molar-refractivity contribution in [1.82, 2.24) is 4.98 Å². The van der Waals surface area contributed by atoms with Gasteiger partial charge >= 0.3 is 0 Å². The second-order valence-electron chi connectivity index (χ2n) is 5.00. The molecule has 1 N–H and O–H groups in total. The van der Waals surface area contributed by atoms with Crippen LogP contribution >= 0.6 is 11.3 Å². The van der Waals surface area contributed by atoms with Gasteiger partial charge in [0.25, 0.3) is 5.91 Å². The molecule has 2 heterocycles. The molecule has 7 heteroatoms. The van der Waals surface area contributed by atoms with Crippen LogP contribution in [-0.4, -0.2) is 22.7 Å². The second kappa shape index (κ2) is 5.84. The monoisotopic (exact) mass is 319 g/mol. The lowest BCUT2D eigenvalue weighted by atomic mass is 10.0. The molecule has 1 amide bonds. The van der Waals surface area contributed by atoms with E-state index in [-0.39, 0.29) is 11.7 Å². The molecule has 1 atom stereocenters. The highest BCUT2D eigenvalue weighted by Gasteiger charge is 2.29. The van der Waals surface area contributed by atoms with E-state index in [0.29, 0.717) is 22.8 Å². The van der Waals surface area contributed by atoms with E-state index in [1.807, 2.05) is 13.8 Å². The number of nitrogens with one attached hydrogen (secondary N) is 1. The molecule has 1 aromatic heterocycles. The SMILES string of the molecule is Cc1nc(NC(=O)C2CC(c3cccc(F)c3)=NO2)sc1C. The van der Waals surface area contributed by atoms with E-state index in [9.17, 15) is 9.18 Å². The Balaban J connectivity index is 1.65. The van der Waals surface area contributed by atoms with E-state index in [4.69, 9.17) is 4.84 Å². The number of aromatic nitrogens is 1. The largest absolute Gasteiger partial charge is 0.382 e. The van der Waals surface area contributed by atoms with Gasteiger partial charge in [-0.1, -0.05) is 17.3 Å². The molecule has 5 nitrogen and oxygen atoms in total. The van der Waals surface area contributed by atoms with Crippen LogP contribution < -0.4 is 5.32 Å². The fourth-order valence-corrected chi connectivity index (χ4v) is 2.89. The lowest BCUT2D eigenvalue weighted by Gasteiger charge is -2.06. The molecule has 0 spiro atoms. The average molecular weight is 319 g/mol. The number of anilines is 1. The molecule has 0 saturated carbocycles. The first-order valence-electron chi connectivity index (χ1n) is 6.76. The summed E-state index contributed by atoms with van der Waals surface area (Å²) >= 11 is 1.41. The maximum Gasteiger partial charge on any atom is 0.270 e. The second-order valence-corrected chi connectivity index (χ2v) is 6.20. The fraction of sp³-hybridized carbons (Fsp3) is 0.267. The minimum absolute atomic E-state index is 0.302. The van der Waals surface area contributed by atoms with Crippen LogP contribution in [0.5, 0.6) is 0 Å². The van der Waals surface area contributed by atoms with Gasteiger partial charge in [0.1, 0.15) is 5.82 Å². The van der Waals surface area contributed by atoms with Gasteiger partial charge in [0, 0.05) is 16.9 Å². The quantitative estimate of drug-likeness (QED) is 0.946. The van der Waals surface area contributed by atoms with Crippen molar-refractivity contribution in [1.29, 1.82) is 0 Å². The third-order valence-electron chi connectivity index (χ3n) is 3.38. The summed E-state index contributed by atoms with van der Waals surface area (Å²) in [4.78, 5) is 22.6. The summed E-state index contributed by atoms with van der Waals surface area (Å²) in [6.07, 6.45) is -0.415. The fourth-order valence-electron chi connectivity index (χ4n) is 2.07. The molecule has 3 rings (SSSR count). The lowest BCUT2D eigenvalue weighted by molar-refractivity contribution is -0.125. The normalized spacial score (nSPS) is 17.0. The predicted molar refractivity (Wildman–Crippen MR) is 82.6 cm³/mol. The van der Waals surface area contributed by atoms with Gasteiger partial charge in [0.05, 0.1) is 11.4 Å². The van der Waals surface area contributed by atoms with Gasteiger partial charge in [0.15, 0.2) is 5.13 Å². The maximum absolute atomic E-state index is 13.2. The van der Waals surface area contributed by atoms with E-state index in [2.05, 4.69) is 15.5 Å². The number of aryl methyl sites for hydroxylation is 2. The topological polar surface area (TPSA) is 63.6 Å². The van der Waals surface area contributed by atoms with Gasteiger partial charge < -0.3 is 4.84 Å². The van der Waals surface area contributed by atoms with Gasteiger partial charge in [-0.2, -0.15) is 0 Å². The summed E-state index contributed by atoms with van der Waals surface area (Å²) in [7, 11) is 0. The van der Waals surface area contributed by atoms with E-state index in [1.54, 1.807) is 12.1 Å². The number of benzene rings is 1. The van der Waals surface area contributed by atoms with Crippen molar-refractivity contribution in [3.8, 4) is 0 Å². The molecule has 0 aliphatic carbocycles. The van der Waals surface area contributed by atoms with Crippen molar-refractivity contribution in [3.05, 3.63) is 46.2 Å². The summed E-state index contributed by atoms with van der Waals surface area (Å²) in [5.74, 6) is -0.647. The zero-order chi connectivity index (χ0) is 15.7. The van der Waals surface area contributed by atoms with Gasteiger partial charge in [-0.3, -0.25) is 10.1 Å². The number of carbonyl (C=O) groups is 1.